The summed E-state index contributed by atoms with van der Waals surface area (Å²) in [5.74, 6) is -0.790. The molecule has 0 bridgehead atoms. The fourth-order valence-electron chi connectivity index (χ4n) is 7.12. The number of amides is 4. The molecular formula is C42H38Cl4N8O8S. The van der Waals surface area contributed by atoms with Crippen LogP contribution in [0.25, 0.3) is 34.4 Å². The van der Waals surface area contributed by atoms with E-state index < -0.39 is 21.2 Å². The van der Waals surface area contributed by atoms with Gasteiger partial charge in [-0.05, 0) is 47.5 Å². The molecule has 63 heavy (non-hydrogen) atoms. The summed E-state index contributed by atoms with van der Waals surface area (Å²) in [7, 11) is 0. The van der Waals surface area contributed by atoms with Crippen molar-refractivity contribution in [1.29, 1.82) is 0 Å². The number of halogens is 4. The van der Waals surface area contributed by atoms with Gasteiger partial charge in [0.15, 0.2) is 0 Å². The van der Waals surface area contributed by atoms with Crippen molar-refractivity contribution in [3.05, 3.63) is 112 Å². The van der Waals surface area contributed by atoms with Crippen molar-refractivity contribution >= 4 is 117 Å². The molecule has 4 amide bonds. The van der Waals surface area contributed by atoms with Crippen LogP contribution < -0.4 is 11.5 Å². The van der Waals surface area contributed by atoms with E-state index in [1.807, 2.05) is 0 Å². The zero-order valence-corrected chi connectivity index (χ0v) is 37.4. The average molecular weight is 957 g/mol. The predicted octanol–water partition coefficient (Wildman–Crippen LogP) is 8.17. The lowest BCUT2D eigenvalue weighted by Crippen LogP contribution is -2.49. The Morgan fingerprint density at radius 3 is 1.24 bits per heavy atom. The van der Waals surface area contributed by atoms with E-state index in [4.69, 9.17) is 57.9 Å². The van der Waals surface area contributed by atoms with Gasteiger partial charge in [-0.25, -0.2) is 0 Å². The molecule has 4 N–H and O–H groups in total. The summed E-state index contributed by atoms with van der Waals surface area (Å²) >= 11 is 28.9. The fraction of sp³-hybridized carbons (Fsp3) is 0.238. The Kier molecular flexibility index (Phi) is 14.6. The van der Waals surface area contributed by atoms with Gasteiger partial charge in [-0.1, -0.05) is 70.3 Å². The van der Waals surface area contributed by atoms with Crippen LogP contribution in [0.5, 0.6) is 0 Å². The highest BCUT2D eigenvalue weighted by Gasteiger charge is 2.26. The summed E-state index contributed by atoms with van der Waals surface area (Å²) in [4.78, 5) is 79.7. The van der Waals surface area contributed by atoms with Crippen LogP contribution in [0.1, 0.15) is 25.0 Å². The smallest absolute Gasteiger partial charge is 0.293 e. The van der Waals surface area contributed by atoms with Gasteiger partial charge in [0, 0.05) is 123 Å². The quantitative estimate of drug-likeness (QED) is 0.0668. The van der Waals surface area contributed by atoms with Gasteiger partial charge in [0.05, 0.1) is 29.9 Å². The average Bonchev–Trinajstić information content (AvgIpc) is 3.24. The van der Waals surface area contributed by atoms with Gasteiger partial charge in [-0.15, -0.1) is 0 Å². The number of hydrogen-bond donors (Lipinski definition) is 2. The van der Waals surface area contributed by atoms with E-state index in [1.54, 1.807) is 56.0 Å². The zero-order valence-electron chi connectivity index (χ0n) is 33.6. The van der Waals surface area contributed by atoms with Crippen LogP contribution in [0.4, 0.5) is 22.7 Å². The van der Waals surface area contributed by atoms with E-state index in [9.17, 15) is 39.4 Å². The molecule has 2 heterocycles. The summed E-state index contributed by atoms with van der Waals surface area (Å²) in [5.41, 5.74) is 13.0. The zero-order chi connectivity index (χ0) is 45.9. The third-order valence-corrected chi connectivity index (χ3v) is 13.3. The van der Waals surface area contributed by atoms with E-state index in [2.05, 4.69) is 0 Å². The molecule has 4 aromatic rings. The highest BCUT2D eigenvalue weighted by molar-refractivity contribution is 7.99. The van der Waals surface area contributed by atoms with Crippen LogP contribution in [-0.2, 0) is 19.2 Å². The Labute approximate surface area is 385 Å². The Morgan fingerprint density at radius 1 is 0.587 bits per heavy atom. The number of nitro benzene ring substituents is 2. The SMILES string of the molecule is CC(=O)N1CCN(C(=O)C=Cc2ccc(Sc3ccc(C=CC(=O)N4CCN(C(C)=O)CC4)c(-c4cc(N)c([N+](=O)[O-])cc4Cl)c3Cl)c(Cl)c2-c2cc(N)c([N+](=O)[O-])cc2Cl)CC1. The maximum absolute atomic E-state index is 13.3. The topological polar surface area (TPSA) is 220 Å². The summed E-state index contributed by atoms with van der Waals surface area (Å²) in [6, 6.07) is 11.6. The number of hydrogen-bond acceptors (Lipinski definition) is 11. The van der Waals surface area contributed by atoms with Crippen molar-refractivity contribution in [3.8, 4) is 22.3 Å². The Bertz CT molecular complexity index is 2450. The number of carbonyl (C=O) groups is 4. The number of anilines is 2. The second-order valence-corrected chi connectivity index (χ2v) is 17.1. The molecule has 2 fully saturated rings. The molecular weight excluding hydrogens is 918 g/mol. The first-order chi connectivity index (χ1) is 29.9. The first-order valence-corrected chi connectivity index (χ1v) is 21.4. The Hall–Kier alpha value is -5.85. The molecule has 0 radical (unpaired) electrons. The molecule has 0 aliphatic carbocycles. The summed E-state index contributed by atoms with van der Waals surface area (Å²) in [5, 5.41) is 23.6. The fourth-order valence-corrected chi connectivity index (χ4v) is 9.30. The molecule has 0 spiro atoms. The summed E-state index contributed by atoms with van der Waals surface area (Å²) < 4.78 is 0. The monoisotopic (exact) mass is 954 g/mol. The van der Waals surface area contributed by atoms with Gasteiger partial charge < -0.3 is 31.1 Å². The number of benzene rings is 4. The van der Waals surface area contributed by atoms with E-state index in [0.29, 0.717) is 84.4 Å². The van der Waals surface area contributed by atoms with Gasteiger partial charge in [0.25, 0.3) is 11.4 Å². The number of nitrogen functional groups attached to an aromatic ring is 2. The molecule has 0 unspecified atom stereocenters. The van der Waals surface area contributed by atoms with Gasteiger partial charge >= 0.3 is 0 Å². The van der Waals surface area contributed by atoms with Crippen LogP contribution in [-0.4, -0.2) is 105 Å². The Balaban J connectivity index is 1.42. The number of nitrogens with zero attached hydrogens (tertiary/aromatic N) is 6. The van der Waals surface area contributed by atoms with Gasteiger partial charge in [-0.3, -0.25) is 39.4 Å². The lowest BCUT2D eigenvalue weighted by atomic mass is 9.97. The second kappa shape index (κ2) is 19.7. The first-order valence-electron chi connectivity index (χ1n) is 19.1. The number of rotatable bonds is 10. The molecule has 21 heteroatoms. The first kappa shape index (κ1) is 46.6. The normalized spacial score (nSPS) is 14.4. The van der Waals surface area contributed by atoms with Crippen LogP contribution >= 0.6 is 58.2 Å². The second-order valence-electron chi connectivity index (χ2n) is 14.4. The van der Waals surface area contributed by atoms with Crippen molar-refractivity contribution in [3.63, 3.8) is 0 Å². The van der Waals surface area contributed by atoms with Crippen LogP contribution in [0.3, 0.4) is 0 Å². The molecule has 328 valence electrons. The van der Waals surface area contributed by atoms with E-state index in [1.165, 1.54) is 38.1 Å². The third-order valence-electron chi connectivity index (χ3n) is 10.5. The minimum atomic E-state index is -0.667. The predicted molar refractivity (Wildman–Crippen MR) is 246 cm³/mol. The van der Waals surface area contributed by atoms with Crippen molar-refractivity contribution in [2.24, 2.45) is 0 Å². The number of nitrogens with two attached hydrogens (primary N) is 2. The number of carbonyl (C=O) groups excluding carboxylic acids is 4. The lowest BCUT2D eigenvalue weighted by Gasteiger charge is -2.33. The summed E-state index contributed by atoms with van der Waals surface area (Å²) in [6.07, 6.45) is 5.81. The van der Waals surface area contributed by atoms with E-state index in [-0.39, 0.29) is 66.2 Å². The van der Waals surface area contributed by atoms with Crippen LogP contribution in [0.2, 0.25) is 20.1 Å². The Morgan fingerprint density at radius 2 is 0.921 bits per heavy atom. The number of piperazine rings is 2. The largest absolute Gasteiger partial charge is 0.393 e. The van der Waals surface area contributed by atoms with Crippen molar-refractivity contribution < 1.29 is 29.0 Å². The molecule has 6 rings (SSSR count). The molecule has 0 saturated carbocycles. The molecule has 0 aromatic heterocycles. The van der Waals surface area contributed by atoms with Crippen molar-refractivity contribution in [1.82, 2.24) is 19.6 Å². The standard InChI is InChI=1S/C42H38Cl4N8O8S/c1-23(55)49-11-15-51(16-12-49)37(57)9-5-25-3-7-35(41(45)39(25)27-19-31(47)33(53(59)60)21-29(27)43)63-36-8-4-26(6-10-38(58)52-17-13-50(14-18-52)24(2)56)40(42(36)46)28-20-32(48)34(54(61)62)22-30(28)44/h3-10,19-22H,11-18,47-48H2,1-2H3. The minimum absolute atomic E-state index is 0.0431. The lowest BCUT2D eigenvalue weighted by molar-refractivity contribution is -0.384. The van der Waals surface area contributed by atoms with E-state index >= 15 is 0 Å². The van der Waals surface area contributed by atoms with Crippen LogP contribution in [0, 0.1) is 20.2 Å². The molecule has 0 atom stereocenters. The van der Waals surface area contributed by atoms with E-state index in [0.717, 1.165) is 23.9 Å². The number of nitro groups is 2. The van der Waals surface area contributed by atoms with Crippen molar-refractivity contribution in [2.75, 3.05) is 63.8 Å². The minimum Gasteiger partial charge on any atom is -0.393 e. The van der Waals surface area contributed by atoms with Crippen LogP contribution in [0.15, 0.2) is 70.5 Å². The maximum Gasteiger partial charge on any atom is 0.293 e. The van der Waals surface area contributed by atoms with Gasteiger partial charge in [-0.2, -0.15) is 0 Å². The van der Waals surface area contributed by atoms with Gasteiger partial charge in [0.2, 0.25) is 23.6 Å². The highest BCUT2D eigenvalue weighted by Crippen LogP contribution is 2.49. The summed E-state index contributed by atoms with van der Waals surface area (Å²) in [6.45, 7) is 5.84. The molecule has 4 aromatic carbocycles. The molecule has 16 nitrogen and oxygen atoms in total. The molecule has 2 saturated heterocycles. The van der Waals surface area contributed by atoms with Crippen molar-refractivity contribution in [2.45, 2.75) is 23.6 Å². The third kappa shape index (κ3) is 10.3. The molecule has 2 aliphatic rings. The maximum atomic E-state index is 13.3. The highest BCUT2D eigenvalue weighted by atomic mass is 35.5. The molecule has 2 aliphatic heterocycles. The van der Waals surface area contributed by atoms with Gasteiger partial charge in [0.1, 0.15) is 11.4 Å².